The molecule has 2 heterocycles. The topological polar surface area (TPSA) is 84.3 Å². The summed E-state index contributed by atoms with van der Waals surface area (Å²) in [6, 6.07) is 6.71. The van der Waals surface area contributed by atoms with Gasteiger partial charge >= 0.3 is 5.97 Å². The number of nitrogens with zero attached hydrogens (tertiary/aromatic N) is 1. The van der Waals surface area contributed by atoms with Crippen LogP contribution in [-0.4, -0.2) is 20.6 Å². The van der Waals surface area contributed by atoms with E-state index in [1.54, 1.807) is 24.3 Å². The fraction of sp³-hybridized carbons (Fsp3) is 0.312. The Labute approximate surface area is 137 Å². The van der Waals surface area contributed by atoms with Crippen LogP contribution in [0.15, 0.2) is 29.1 Å². The van der Waals surface area contributed by atoms with Gasteiger partial charge in [-0.1, -0.05) is 25.1 Å². The molecule has 0 radical (unpaired) electrons. The third-order valence-corrected chi connectivity index (χ3v) is 4.43. The molecule has 3 rings (SSSR count). The molecule has 0 amide bonds. The highest BCUT2D eigenvalue weighted by atomic mass is 32.1. The summed E-state index contributed by atoms with van der Waals surface area (Å²) in [7, 11) is 0. The maximum Gasteiger partial charge on any atom is 0.339 e. The minimum atomic E-state index is -0.937. The number of aromatic nitrogens is 2. The smallest absolute Gasteiger partial charge is 0.339 e. The van der Waals surface area contributed by atoms with Crippen LogP contribution in [0.25, 0.3) is 0 Å². The van der Waals surface area contributed by atoms with Crippen molar-refractivity contribution < 1.29 is 14.6 Å². The van der Waals surface area contributed by atoms with Crippen LogP contribution in [0.1, 0.15) is 53.9 Å². The predicted molar refractivity (Wildman–Crippen MR) is 86.3 cm³/mol. The highest BCUT2D eigenvalue weighted by Gasteiger charge is 2.36. The number of aromatic hydroxyl groups is 1. The fourth-order valence-corrected chi connectivity index (χ4v) is 3.10. The Bertz CT molecular complexity index is 900. The van der Waals surface area contributed by atoms with Crippen LogP contribution in [-0.2, 0) is 4.74 Å². The van der Waals surface area contributed by atoms with E-state index in [0.29, 0.717) is 17.5 Å². The summed E-state index contributed by atoms with van der Waals surface area (Å²) in [5.41, 5.74) is 0.402. The number of aromatic amines is 1. The Hall–Kier alpha value is -2.41. The van der Waals surface area contributed by atoms with Crippen molar-refractivity contribution in [2.45, 2.75) is 32.4 Å². The second-order valence-electron chi connectivity index (χ2n) is 5.50. The second kappa shape index (κ2) is 5.66. The first-order valence-electron chi connectivity index (χ1n) is 7.33. The molecule has 0 spiro atoms. The molecule has 1 aliphatic rings. The van der Waals surface area contributed by atoms with E-state index in [9.17, 15) is 14.7 Å². The molecule has 23 heavy (non-hydrogen) atoms. The molecule has 1 aromatic carbocycles. The number of hydrogen-bond acceptors (Lipinski definition) is 5. The monoisotopic (exact) mass is 332 g/mol. The van der Waals surface area contributed by atoms with Gasteiger partial charge < -0.3 is 9.84 Å². The van der Waals surface area contributed by atoms with E-state index in [2.05, 4.69) is 4.98 Å². The predicted octanol–water partition coefficient (Wildman–Crippen LogP) is 2.84. The van der Waals surface area contributed by atoms with E-state index in [1.165, 1.54) is 4.57 Å². The van der Waals surface area contributed by atoms with Gasteiger partial charge in [-0.05, 0) is 31.6 Å². The minimum Gasteiger partial charge on any atom is -0.494 e. The van der Waals surface area contributed by atoms with Crippen LogP contribution in [0.2, 0.25) is 0 Å². The van der Waals surface area contributed by atoms with Crippen molar-refractivity contribution in [2.75, 3.05) is 0 Å². The normalized spacial score (nSPS) is 17.7. The van der Waals surface area contributed by atoms with Gasteiger partial charge in [0.25, 0.3) is 5.56 Å². The molecule has 6 nitrogen and oxygen atoms in total. The standard InChI is InChI=1S/C16H16N2O4S/c1-3-8(2)18-14(20)11(13(19)17-16(18)23)12-9-6-4-5-7-10(9)15(21)22-12/h4-8,12,20H,3H2,1-2H3,(H,17,19,23). The van der Waals surface area contributed by atoms with E-state index >= 15 is 0 Å². The van der Waals surface area contributed by atoms with Crippen molar-refractivity contribution in [3.63, 3.8) is 0 Å². The number of hydrogen-bond donors (Lipinski definition) is 2. The van der Waals surface area contributed by atoms with Gasteiger partial charge in [0.05, 0.1) is 5.56 Å². The molecule has 2 aromatic rings. The lowest BCUT2D eigenvalue weighted by molar-refractivity contribution is 0.0448. The van der Waals surface area contributed by atoms with Crippen LogP contribution in [0.3, 0.4) is 0 Å². The van der Waals surface area contributed by atoms with E-state index in [4.69, 9.17) is 17.0 Å². The Kier molecular flexibility index (Phi) is 3.81. The third-order valence-electron chi connectivity index (χ3n) is 4.13. The summed E-state index contributed by atoms with van der Waals surface area (Å²) in [4.78, 5) is 26.9. The second-order valence-corrected chi connectivity index (χ2v) is 5.88. The lowest BCUT2D eigenvalue weighted by Gasteiger charge is -2.20. The Morgan fingerprint density at radius 2 is 2.09 bits per heavy atom. The zero-order valence-corrected chi connectivity index (χ0v) is 13.5. The summed E-state index contributed by atoms with van der Waals surface area (Å²) < 4.78 is 6.94. The van der Waals surface area contributed by atoms with Crippen molar-refractivity contribution >= 4 is 18.2 Å². The van der Waals surface area contributed by atoms with Gasteiger partial charge in [-0.2, -0.15) is 0 Å². The molecule has 0 saturated heterocycles. The van der Waals surface area contributed by atoms with Gasteiger partial charge in [0, 0.05) is 11.6 Å². The maximum absolute atomic E-state index is 12.3. The third kappa shape index (κ3) is 2.37. The number of fused-ring (bicyclic) bond motifs is 1. The molecule has 1 aromatic heterocycles. The molecule has 0 saturated carbocycles. The molecule has 1 aliphatic heterocycles. The highest BCUT2D eigenvalue weighted by Crippen LogP contribution is 2.38. The molecule has 2 N–H and O–H groups in total. The van der Waals surface area contributed by atoms with Crippen molar-refractivity contribution in [2.24, 2.45) is 0 Å². The van der Waals surface area contributed by atoms with Crippen LogP contribution in [0.5, 0.6) is 5.88 Å². The van der Waals surface area contributed by atoms with Gasteiger partial charge in [0.1, 0.15) is 5.56 Å². The summed E-state index contributed by atoms with van der Waals surface area (Å²) in [6.07, 6.45) is -0.220. The largest absolute Gasteiger partial charge is 0.494 e. The SMILES string of the molecule is CCC(C)n1c(O)c(C2OC(=O)c3ccccc32)c(=O)[nH]c1=S. The number of esters is 1. The van der Waals surface area contributed by atoms with Crippen LogP contribution < -0.4 is 5.56 Å². The van der Waals surface area contributed by atoms with Crippen LogP contribution >= 0.6 is 12.2 Å². The molecule has 0 fully saturated rings. The summed E-state index contributed by atoms with van der Waals surface area (Å²) in [5, 5.41) is 10.6. The van der Waals surface area contributed by atoms with E-state index in [1.807, 2.05) is 13.8 Å². The summed E-state index contributed by atoms with van der Waals surface area (Å²) in [5.74, 6) is -0.774. The Morgan fingerprint density at radius 1 is 1.39 bits per heavy atom. The fourth-order valence-electron chi connectivity index (χ4n) is 2.74. The number of rotatable bonds is 3. The van der Waals surface area contributed by atoms with Crippen LogP contribution in [0.4, 0.5) is 0 Å². The minimum absolute atomic E-state index is 0.00259. The lowest BCUT2D eigenvalue weighted by atomic mass is 10.0. The zero-order valence-electron chi connectivity index (χ0n) is 12.7. The molecule has 0 bridgehead atoms. The number of H-pyrrole nitrogens is 1. The number of ether oxygens (including phenoxy) is 1. The molecule has 0 aliphatic carbocycles. The molecule has 2 atom stereocenters. The molecule has 7 heteroatoms. The number of nitrogens with one attached hydrogen (secondary N) is 1. The summed E-state index contributed by atoms with van der Waals surface area (Å²) in [6.45, 7) is 3.83. The quantitative estimate of drug-likeness (QED) is 0.667. The van der Waals surface area contributed by atoms with E-state index in [0.717, 1.165) is 0 Å². The molecular formula is C16H16N2O4S. The number of carbonyl (C=O) groups is 1. The van der Waals surface area contributed by atoms with Crippen molar-refractivity contribution in [3.8, 4) is 5.88 Å². The number of carbonyl (C=O) groups excluding carboxylic acids is 1. The van der Waals surface area contributed by atoms with Gasteiger partial charge in [0.2, 0.25) is 5.88 Å². The van der Waals surface area contributed by atoms with Crippen molar-refractivity contribution in [3.05, 3.63) is 56.1 Å². The van der Waals surface area contributed by atoms with Crippen molar-refractivity contribution in [1.29, 1.82) is 0 Å². The molecule has 120 valence electrons. The van der Waals surface area contributed by atoms with Crippen LogP contribution in [0, 0.1) is 4.77 Å². The first-order valence-corrected chi connectivity index (χ1v) is 7.74. The lowest BCUT2D eigenvalue weighted by Crippen LogP contribution is -2.23. The number of cyclic esters (lactones) is 1. The Morgan fingerprint density at radius 3 is 2.78 bits per heavy atom. The average Bonchev–Trinajstić information content (AvgIpc) is 2.84. The first kappa shape index (κ1) is 15.5. The van der Waals surface area contributed by atoms with E-state index < -0.39 is 17.6 Å². The first-order chi connectivity index (χ1) is 11.0. The average molecular weight is 332 g/mol. The summed E-state index contributed by atoms with van der Waals surface area (Å²) >= 11 is 5.14. The zero-order chi connectivity index (χ0) is 16.7. The van der Waals surface area contributed by atoms with Gasteiger partial charge in [-0.3, -0.25) is 14.3 Å². The maximum atomic E-state index is 12.3. The van der Waals surface area contributed by atoms with E-state index in [-0.39, 0.29) is 22.3 Å². The van der Waals surface area contributed by atoms with Crippen molar-refractivity contribution in [1.82, 2.24) is 9.55 Å². The molecular weight excluding hydrogens is 316 g/mol. The van der Waals surface area contributed by atoms with Gasteiger partial charge in [-0.25, -0.2) is 4.79 Å². The Balaban J connectivity index is 2.25. The van der Waals surface area contributed by atoms with Gasteiger partial charge in [0.15, 0.2) is 10.9 Å². The highest BCUT2D eigenvalue weighted by molar-refractivity contribution is 7.71. The molecule has 2 unspecified atom stereocenters. The van der Waals surface area contributed by atoms with Gasteiger partial charge in [-0.15, -0.1) is 0 Å². The number of benzene rings is 1.